The number of methoxy groups -OCH3 is 2. The summed E-state index contributed by atoms with van der Waals surface area (Å²) in [4.78, 5) is 12.0. The molecule has 0 aliphatic rings. The molecule has 0 radical (unpaired) electrons. The Labute approximate surface area is 142 Å². The van der Waals surface area contributed by atoms with Gasteiger partial charge in [-0.25, -0.2) is 4.68 Å². The van der Waals surface area contributed by atoms with Crippen molar-refractivity contribution >= 4 is 0 Å². The molecule has 2 N–H and O–H groups in total. The molecule has 2 aromatic rings. The fourth-order valence-electron chi connectivity index (χ4n) is 2.52. The first-order chi connectivity index (χ1) is 11.7. The molecule has 0 aliphatic carbocycles. The minimum absolute atomic E-state index is 0.0851. The van der Waals surface area contributed by atoms with E-state index in [1.807, 2.05) is 18.2 Å². The SMILES string of the molecule is COc1ccc(-c2ccc(=O)n(CCCCCCN)n2)cc1OC. The van der Waals surface area contributed by atoms with Crippen molar-refractivity contribution in [2.45, 2.75) is 32.2 Å². The molecule has 6 heteroatoms. The van der Waals surface area contributed by atoms with Crippen molar-refractivity contribution in [3.8, 4) is 22.8 Å². The Kier molecular flexibility index (Phi) is 6.81. The lowest BCUT2D eigenvalue weighted by Gasteiger charge is -2.10. The minimum Gasteiger partial charge on any atom is -0.493 e. The molecular weight excluding hydrogens is 306 g/mol. The van der Waals surface area contributed by atoms with Crippen LogP contribution in [0, 0.1) is 0 Å². The van der Waals surface area contributed by atoms with Gasteiger partial charge in [-0.3, -0.25) is 4.79 Å². The summed E-state index contributed by atoms with van der Waals surface area (Å²) in [5.41, 5.74) is 7.02. The predicted molar refractivity (Wildman–Crippen MR) is 94.6 cm³/mol. The number of nitrogens with two attached hydrogens (primary N) is 1. The summed E-state index contributed by atoms with van der Waals surface area (Å²) >= 11 is 0. The topological polar surface area (TPSA) is 79.4 Å². The highest BCUT2D eigenvalue weighted by Gasteiger charge is 2.08. The third-order valence-corrected chi connectivity index (χ3v) is 3.87. The molecule has 1 aromatic carbocycles. The molecule has 0 amide bonds. The van der Waals surface area contributed by atoms with Crippen LogP contribution in [0.2, 0.25) is 0 Å². The smallest absolute Gasteiger partial charge is 0.266 e. The molecule has 1 heterocycles. The summed E-state index contributed by atoms with van der Waals surface area (Å²) in [6.45, 7) is 1.33. The summed E-state index contributed by atoms with van der Waals surface area (Å²) in [5.74, 6) is 1.30. The second-order valence-corrected chi connectivity index (χ2v) is 5.55. The summed E-state index contributed by atoms with van der Waals surface area (Å²) in [7, 11) is 3.19. The van der Waals surface area contributed by atoms with Gasteiger partial charge in [-0.05, 0) is 43.7 Å². The van der Waals surface area contributed by atoms with Crippen molar-refractivity contribution in [3.63, 3.8) is 0 Å². The molecule has 6 nitrogen and oxygen atoms in total. The predicted octanol–water partition coefficient (Wildman–Crippen LogP) is 2.45. The van der Waals surface area contributed by atoms with Crippen LogP contribution in [0.15, 0.2) is 35.1 Å². The molecule has 0 unspecified atom stereocenters. The Balaban J connectivity index is 2.16. The van der Waals surface area contributed by atoms with Gasteiger partial charge in [0.15, 0.2) is 11.5 Å². The van der Waals surface area contributed by atoms with Crippen LogP contribution in [0.4, 0.5) is 0 Å². The van der Waals surface area contributed by atoms with Crippen LogP contribution in [0.1, 0.15) is 25.7 Å². The Morgan fingerprint density at radius 2 is 1.75 bits per heavy atom. The van der Waals surface area contributed by atoms with Crippen LogP contribution in [-0.2, 0) is 6.54 Å². The van der Waals surface area contributed by atoms with E-state index >= 15 is 0 Å². The zero-order valence-corrected chi connectivity index (χ0v) is 14.3. The molecule has 2 rings (SSSR count). The van der Waals surface area contributed by atoms with E-state index in [4.69, 9.17) is 15.2 Å². The van der Waals surface area contributed by atoms with E-state index in [0.29, 0.717) is 24.6 Å². The van der Waals surface area contributed by atoms with Crippen molar-refractivity contribution < 1.29 is 9.47 Å². The van der Waals surface area contributed by atoms with E-state index in [1.165, 1.54) is 4.68 Å². The van der Waals surface area contributed by atoms with Gasteiger partial charge in [-0.1, -0.05) is 12.8 Å². The van der Waals surface area contributed by atoms with Gasteiger partial charge in [-0.2, -0.15) is 5.10 Å². The summed E-state index contributed by atoms with van der Waals surface area (Å²) in [6.07, 6.45) is 4.07. The third-order valence-electron chi connectivity index (χ3n) is 3.87. The number of unbranched alkanes of at least 4 members (excludes halogenated alkanes) is 3. The molecule has 0 saturated heterocycles. The zero-order chi connectivity index (χ0) is 17.4. The van der Waals surface area contributed by atoms with Crippen molar-refractivity contribution in [1.82, 2.24) is 9.78 Å². The van der Waals surface area contributed by atoms with E-state index < -0.39 is 0 Å². The third kappa shape index (κ3) is 4.58. The van der Waals surface area contributed by atoms with Crippen molar-refractivity contribution in [2.75, 3.05) is 20.8 Å². The van der Waals surface area contributed by atoms with Gasteiger partial charge in [0, 0.05) is 18.2 Å². The summed E-state index contributed by atoms with van der Waals surface area (Å²) < 4.78 is 12.1. The monoisotopic (exact) mass is 331 g/mol. The number of hydrogen-bond acceptors (Lipinski definition) is 5. The molecule has 0 fully saturated rings. The quantitative estimate of drug-likeness (QED) is 0.714. The summed E-state index contributed by atoms with van der Waals surface area (Å²) in [5, 5.41) is 4.47. The molecule has 130 valence electrons. The first kappa shape index (κ1) is 18.0. The Morgan fingerprint density at radius 3 is 2.46 bits per heavy atom. The van der Waals surface area contributed by atoms with E-state index in [0.717, 1.165) is 36.9 Å². The second-order valence-electron chi connectivity index (χ2n) is 5.55. The lowest BCUT2D eigenvalue weighted by molar-refractivity contribution is 0.355. The van der Waals surface area contributed by atoms with E-state index in [1.54, 1.807) is 26.4 Å². The van der Waals surface area contributed by atoms with Crippen LogP contribution >= 0.6 is 0 Å². The first-order valence-corrected chi connectivity index (χ1v) is 8.20. The maximum atomic E-state index is 12.0. The Morgan fingerprint density at radius 1 is 1.00 bits per heavy atom. The largest absolute Gasteiger partial charge is 0.493 e. The lowest BCUT2D eigenvalue weighted by Crippen LogP contribution is -2.22. The van der Waals surface area contributed by atoms with Gasteiger partial charge in [0.25, 0.3) is 5.56 Å². The average molecular weight is 331 g/mol. The minimum atomic E-state index is -0.0851. The number of ether oxygens (including phenoxy) is 2. The van der Waals surface area contributed by atoms with Crippen molar-refractivity contribution in [1.29, 1.82) is 0 Å². The molecular formula is C18H25N3O3. The maximum Gasteiger partial charge on any atom is 0.266 e. The van der Waals surface area contributed by atoms with Crippen LogP contribution < -0.4 is 20.8 Å². The number of rotatable bonds is 9. The Bertz CT molecular complexity index is 713. The number of aryl methyl sites for hydroxylation is 1. The molecule has 0 aliphatic heterocycles. The molecule has 0 saturated carbocycles. The van der Waals surface area contributed by atoms with Gasteiger partial charge in [0.1, 0.15) is 0 Å². The number of aromatic nitrogens is 2. The number of hydrogen-bond donors (Lipinski definition) is 1. The fraction of sp³-hybridized carbons (Fsp3) is 0.444. The van der Waals surface area contributed by atoms with Gasteiger partial charge < -0.3 is 15.2 Å². The normalized spacial score (nSPS) is 10.6. The maximum absolute atomic E-state index is 12.0. The van der Waals surface area contributed by atoms with Crippen molar-refractivity contribution in [3.05, 3.63) is 40.7 Å². The van der Waals surface area contributed by atoms with Gasteiger partial charge in [-0.15, -0.1) is 0 Å². The highest BCUT2D eigenvalue weighted by molar-refractivity contribution is 5.63. The first-order valence-electron chi connectivity index (χ1n) is 8.20. The number of nitrogens with zero attached hydrogens (tertiary/aromatic N) is 2. The van der Waals surface area contributed by atoms with Crippen LogP contribution in [0.25, 0.3) is 11.3 Å². The van der Waals surface area contributed by atoms with E-state index in [-0.39, 0.29) is 5.56 Å². The molecule has 0 bridgehead atoms. The molecule has 24 heavy (non-hydrogen) atoms. The summed E-state index contributed by atoms with van der Waals surface area (Å²) in [6, 6.07) is 8.88. The standard InChI is InChI=1S/C18H25N3O3/c1-23-16-9-7-14(13-17(16)24-2)15-8-10-18(22)21(20-15)12-6-4-3-5-11-19/h7-10,13H,3-6,11-12,19H2,1-2H3. The highest BCUT2D eigenvalue weighted by atomic mass is 16.5. The van der Waals surface area contributed by atoms with Crippen molar-refractivity contribution in [2.24, 2.45) is 5.73 Å². The Hall–Kier alpha value is -2.34. The fourth-order valence-corrected chi connectivity index (χ4v) is 2.52. The molecule has 0 atom stereocenters. The highest BCUT2D eigenvalue weighted by Crippen LogP contribution is 2.31. The second kappa shape index (κ2) is 9.08. The van der Waals surface area contributed by atoms with Crippen LogP contribution in [0.3, 0.4) is 0 Å². The van der Waals surface area contributed by atoms with Crippen LogP contribution in [-0.4, -0.2) is 30.5 Å². The van der Waals surface area contributed by atoms with Gasteiger partial charge in [0.05, 0.1) is 19.9 Å². The van der Waals surface area contributed by atoms with Gasteiger partial charge in [0.2, 0.25) is 0 Å². The van der Waals surface area contributed by atoms with E-state index in [9.17, 15) is 4.79 Å². The lowest BCUT2D eigenvalue weighted by atomic mass is 10.1. The zero-order valence-electron chi connectivity index (χ0n) is 14.3. The molecule has 1 aromatic heterocycles. The van der Waals surface area contributed by atoms with Crippen LogP contribution in [0.5, 0.6) is 11.5 Å². The number of benzene rings is 1. The average Bonchev–Trinajstić information content (AvgIpc) is 2.62. The molecule has 0 spiro atoms. The van der Waals surface area contributed by atoms with Gasteiger partial charge >= 0.3 is 0 Å². The van der Waals surface area contributed by atoms with E-state index in [2.05, 4.69) is 5.10 Å².